The van der Waals surface area contributed by atoms with E-state index in [1.54, 1.807) is 30.3 Å². The Bertz CT molecular complexity index is 1300. The second-order valence-corrected chi connectivity index (χ2v) is 6.55. The Morgan fingerprint density at radius 1 is 0.962 bits per heavy atom. The van der Waals surface area contributed by atoms with Crippen LogP contribution in [0.3, 0.4) is 0 Å². The quantitative estimate of drug-likeness (QED) is 0.235. The van der Waals surface area contributed by atoms with Gasteiger partial charge in [0.25, 0.3) is 5.69 Å². The molecule has 0 saturated heterocycles. The van der Waals surface area contributed by atoms with E-state index in [0.717, 1.165) is 11.1 Å². The lowest BCUT2D eigenvalue weighted by molar-refractivity contribution is -0.384. The fraction of sp³-hybridized carbons (Fsp3) is 0. The van der Waals surface area contributed by atoms with Crippen LogP contribution in [-0.4, -0.2) is 15.7 Å². The molecule has 26 heavy (non-hydrogen) atoms. The van der Waals surface area contributed by atoms with E-state index in [1.165, 1.54) is 12.1 Å². The summed E-state index contributed by atoms with van der Waals surface area (Å²) in [5.74, 6) is -0.0960. The molecule has 0 aliphatic heterocycles. The van der Waals surface area contributed by atoms with Gasteiger partial charge < -0.3 is 0 Å². The van der Waals surface area contributed by atoms with Crippen molar-refractivity contribution in [1.82, 2.24) is 4.98 Å². The second-order valence-electron chi connectivity index (χ2n) is 6.14. The standard InChI is InChI=1S/C20H9ClN2O3/c21-15-7-6-13-18-17(11-3-1-2-4-12(11)20(13)24)14-9-10(23(25)26)5-8-16(14)22-19(15)18/h1-9H. The third kappa shape index (κ3) is 1.86. The van der Waals surface area contributed by atoms with Gasteiger partial charge in [0.1, 0.15) is 0 Å². The van der Waals surface area contributed by atoms with Gasteiger partial charge in [-0.1, -0.05) is 35.9 Å². The second kappa shape index (κ2) is 5.09. The minimum Gasteiger partial charge on any atom is -0.289 e. The number of fused-ring (bicyclic) bond motifs is 4. The Labute approximate surface area is 152 Å². The van der Waals surface area contributed by atoms with E-state index >= 15 is 0 Å². The topological polar surface area (TPSA) is 73.1 Å². The number of ketones is 1. The van der Waals surface area contributed by atoms with Crippen LogP contribution in [0.4, 0.5) is 5.69 Å². The summed E-state index contributed by atoms with van der Waals surface area (Å²) in [5, 5.41) is 13.0. The van der Waals surface area contributed by atoms with Gasteiger partial charge in [0.2, 0.25) is 0 Å². The minimum absolute atomic E-state index is 0.0205. The SMILES string of the molecule is O=C1c2ccccc2-c2c3cc([N+](=O)[O-])ccc3nc3c(Cl)ccc1c23. The monoisotopic (exact) mass is 360 g/mol. The van der Waals surface area contributed by atoms with Crippen molar-refractivity contribution >= 4 is 44.9 Å². The Balaban J connectivity index is 2.09. The van der Waals surface area contributed by atoms with E-state index in [-0.39, 0.29) is 11.5 Å². The van der Waals surface area contributed by atoms with Crippen LogP contribution in [0.5, 0.6) is 0 Å². The molecule has 1 heterocycles. The Kier molecular flexibility index (Phi) is 2.94. The number of carbonyl (C=O) groups is 1. The molecule has 0 saturated carbocycles. The fourth-order valence-electron chi connectivity index (χ4n) is 3.63. The molecule has 4 aromatic rings. The summed E-state index contributed by atoms with van der Waals surface area (Å²) in [4.78, 5) is 28.3. The number of pyridine rings is 1. The van der Waals surface area contributed by atoms with E-state index < -0.39 is 4.92 Å². The highest BCUT2D eigenvalue weighted by molar-refractivity contribution is 6.38. The van der Waals surface area contributed by atoms with Crippen molar-refractivity contribution in [1.29, 1.82) is 0 Å². The van der Waals surface area contributed by atoms with Gasteiger partial charge in [0.15, 0.2) is 5.78 Å². The van der Waals surface area contributed by atoms with Crippen molar-refractivity contribution in [2.24, 2.45) is 0 Å². The molecular formula is C20H9ClN2O3. The Morgan fingerprint density at radius 3 is 2.50 bits per heavy atom. The summed E-state index contributed by atoms with van der Waals surface area (Å²) in [6.07, 6.45) is 0. The largest absolute Gasteiger partial charge is 0.289 e. The number of non-ortho nitro benzene ring substituents is 1. The van der Waals surface area contributed by atoms with Gasteiger partial charge in [-0.15, -0.1) is 0 Å². The van der Waals surface area contributed by atoms with Crippen molar-refractivity contribution in [2.75, 3.05) is 0 Å². The first kappa shape index (κ1) is 15.0. The average molecular weight is 361 g/mol. The summed E-state index contributed by atoms with van der Waals surface area (Å²) in [5.41, 5.74) is 3.70. The summed E-state index contributed by atoms with van der Waals surface area (Å²) in [7, 11) is 0. The molecule has 3 aromatic carbocycles. The van der Waals surface area contributed by atoms with E-state index in [4.69, 9.17) is 11.6 Å². The Hall–Kier alpha value is -3.31. The summed E-state index contributed by atoms with van der Waals surface area (Å²) >= 11 is 6.36. The van der Waals surface area contributed by atoms with Gasteiger partial charge in [0.05, 0.1) is 21.0 Å². The molecule has 0 atom stereocenters. The number of halogens is 1. The molecule has 0 unspecified atom stereocenters. The molecule has 0 amide bonds. The molecule has 0 fully saturated rings. The van der Waals surface area contributed by atoms with Crippen molar-refractivity contribution < 1.29 is 9.72 Å². The number of hydrogen-bond donors (Lipinski definition) is 0. The predicted octanol–water partition coefficient (Wildman–Crippen LogP) is 5.16. The molecule has 1 aliphatic carbocycles. The molecule has 124 valence electrons. The van der Waals surface area contributed by atoms with Crippen LogP contribution in [0.2, 0.25) is 5.02 Å². The molecule has 0 N–H and O–H groups in total. The van der Waals surface area contributed by atoms with Crippen LogP contribution in [0, 0.1) is 10.1 Å². The number of rotatable bonds is 1. The molecule has 6 heteroatoms. The summed E-state index contributed by atoms with van der Waals surface area (Å²) < 4.78 is 0. The van der Waals surface area contributed by atoms with Crippen molar-refractivity contribution in [3.63, 3.8) is 0 Å². The van der Waals surface area contributed by atoms with Crippen LogP contribution >= 0.6 is 11.6 Å². The number of benzene rings is 3. The van der Waals surface area contributed by atoms with Crippen LogP contribution in [-0.2, 0) is 0 Å². The molecular weight excluding hydrogens is 352 g/mol. The maximum Gasteiger partial charge on any atom is 0.270 e. The van der Waals surface area contributed by atoms with Crippen LogP contribution in [0.15, 0.2) is 54.6 Å². The molecule has 1 aromatic heterocycles. The lowest BCUT2D eigenvalue weighted by atomic mass is 9.82. The number of aromatic nitrogens is 1. The van der Waals surface area contributed by atoms with Crippen molar-refractivity contribution in [3.05, 3.63) is 80.9 Å². The van der Waals surface area contributed by atoms with Crippen LogP contribution < -0.4 is 0 Å². The highest BCUT2D eigenvalue weighted by atomic mass is 35.5. The third-order valence-electron chi connectivity index (χ3n) is 4.76. The van der Waals surface area contributed by atoms with Crippen LogP contribution in [0.25, 0.3) is 32.9 Å². The zero-order valence-electron chi connectivity index (χ0n) is 13.2. The number of nitro benzene ring substituents is 1. The summed E-state index contributed by atoms with van der Waals surface area (Å²) in [6.45, 7) is 0. The number of carbonyl (C=O) groups excluding carboxylic acids is 1. The lowest BCUT2D eigenvalue weighted by Gasteiger charge is -2.21. The first-order valence-corrected chi connectivity index (χ1v) is 8.28. The van der Waals surface area contributed by atoms with Gasteiger partial charge in [0, 0.05) is 39.6 Å². The van der Waals surface area contributed by atoms with Crippen molar-refractivity contribution in [3.8, 4) is 11.1 Å². The average Bonchev–Trinajstić information content (AvgIpc) is 2.65. The fourth-order valence-corrected chi connectivity index (χ4v) is 3.83. The first-order valence-electron chi connectivity index (χ1n) is 7.91. The highest BCUT2D eigenvalue weighted by Crippen LogP contribution is 2.44. The summed E-state index contributed by atoms with van der Waals surface area (Å²) in [6, 6.07) is 15.2. The van der Waals surface area contributed by atoms with Gasteiger partial charge >= 0.3 is 0 Å². The van der Waals surface area contributed by atoms with E-state index in [0.29, 0.717) is 38.0 Å². The van der Waals surface area contributed by atoms with E-state index in [1.807, 2.05) is 12.1 Å². The minimum atomic E-state index is -0.435. The van der Waals surface area contributed by atoms with Gasteiger partial charge in [-0.2, -0.15) is 0 Å². The zero-order valence-corrected chi connectivity index (χ0v) is 13.9. The lowest BCUT2D eigenvalue weighted by Crippen LogP contribution is -2.11. The first-order chi connectivity index (χ1) is 12.6. The predicted molar refractivity (Wildman–Crippen MR) is 99.8 cm³/mol. The maximum atomic E-state index is 12.9. The maximum absolute atomic E-state index is 12.9. The smallest absolute Gasteiger partial charge is 0.270 e. The molecule has 5 nitrogen and oxygen atoms in total. The number of nitro groups is 1. The Morgan fingerprint density at radius 2 is 1.73 bits per heavy atom. The van der Waals surface area contributed by atoms with Crippen molar-refractivity contribution in [2.45, 2.75) is 0 Å². The van der Waals surface area contributed by atoms with E-state index in [2.05, 4.69) is 4.98 Å². The van der Waals surface area contributed by atoms with Gasteiger partial charge in [-0.25, -0.2) is 4.98 Å². The molecule has 5 rings (SSSR count). The zero-order chi connectivity index (χ0) is 18.0. The van der Waals surface area contributed by atoms with E-state index in [9.17, 15) is 14.9 Å². The molecule has 0 spiro atoms. The van der Waals surface area contributed by atoms with Crippen LogP contribution in [0.1, 0.15) is 15.9 Å². The highest BCUT2D eigenvalue weighted by Gasteiger charge is 2.28. The normalized spacial score (nSPS) is 12.4. The number of nitrogens with zero attached hydrogens (tertiary/aromatic N) is 2. The molecule has 0 bridgehead atoms. The number of hydrogen-bond acceptors (Lipinski definition) is 4. The third-order valence-corrected chi connectivity index (χ3v) is 5.06. The molecule has 0 radical (unpaired) electrons. The molecule has 1 aliphatic rings. The van der Waals surface area contributed by atoms with Gasteiger partial charge in [-0.05, 0) is 23.8 Å². The van der Waals surface area contributed by atoms with Gasteiger partial charge in [-0.3, -0.25) is 14.9 Å².